The lowest BCUT2D eigenvalue weighted by Crippen LogP contribution is -2.12. The second kappa shape index (κ2) is 5.06. The number of rotatable bonds is 3. The van der Waals surface area contributed by atoms with Crippen molar-refractivity contribution in [1.29, 1.82) is 0 Å². The van der Waals surface area contributed by atoms with Crippen molar-refractivity contribution in [3.05, 3.63) is 57.6 Å². The van der Waals surface area contributed by atoms with Crippen molar-refractivity contribution < 1.29 is 9.18 Å². The third kappa shape index (κ3) is 2.88. The van der Waals surface area contributed by atoms with Crippen LogP contribution >= 0.6 is 0 Å². The molecule has 0 spiro atoms. The summed E-state index contributed by atoms with van der Waals surface area (Å²) in [5, 5.41) is 2.74. The number of carbonyl (C=O) groups excluding carboxylic acids is 1. The zero-order valence-corrected chi connectivity index (χ0v) is 10.6. The van der Waals surface area contributed by atoms with Gasteiger partial charge in [0.25, 0.3) is 0 Å². The Bertz CT molecular complexity index is 692. The van der Waals surface area contributed by atoms with E-state index in [4.69, 9.17) is 0 Å². The van der Waals surface area contributed by atoms with Gasteiger partial charge >= 0.3 is 0 Å². The average molecular weight is 260 g/mol. The number of benzene rings is 1. The van der Waals surface area contributed by atoms with Gasteiger partial charge in [0.15, 0.2) is 5.78 Å². The summed E-state index contributed by atoms with van der Waals surface area (Å²) in [6, 6.07) is 7.33. The Hall–Kier alpha value is -2.43. The number of H-pyrrole nitrogens is 1. The standard InChI is InChI=1S/C14H13FN2O2/c1-8-3-5-12(11(15)7-8)16-14-10(9(2)18)4-6-13(19)17-14/h3-7H,1-2H3,(H2,16,17,19). The maximum atomic E-state index is 13.7. The molecule has 2 aromatic rings. The van der Waals surface area contributed by atoms with Crippen LogP contribution in [0.1, 0.15) is 22.8 Å². The van der Waals surface area contributed by atoms with Crippen LogP contribution < -0.4 is 10.9 Å². The Morgan fingerprint density at radius 3 is 2.63 bits per heavy atom. The molecule has 4 nitrogen and oxygen atoms in total. The number of halogens is 1. The second-order valence-electron chi connectivity index (χ2n) is 4.28. The smallest absolute Gasteiger partial charge is 0.249 e. The van der Waals surface area contributed by atoms with E-state index in [9.17, 15) is 14.0 Å². The van der Waals surface area contributed by atoms with E-state index in [2.05, 4.69) is 10.3 Å². The second-order valence-corrected chi connectivity index (χ2v) is 4.28. The number of aryl methyl sites for hydroxylation is 1. The summed E-state index contributed by atoms with van der Waals surface area (Å²) < 4.78 is 13.7. The Labute approximate surface area is 109 Å². The fourth-order valence-corrected chi connectivity index (χ4v) is 1.72. The summed E-state index contributed by atoms with van der Waals surface area (Å²) in [5.74, 6) is -0.465. The predicted octanol–water partition coefficient (Wildman–Crippen LogP) is 2.77. The van der Waals surface area contributed by atoms with Crippen molar-refractivity contribution >= 4 is 17.3 Å². The Kier molecular flexibility index (Phi) is 3.46. The molecule has 2 rings (SSSR count). The first-order valence-electron chi connectivity index (χ1n) is 5.75. The Balaban J connectivity index is 2.45. The number of anilines is 2. The largest absolute Gasteiger partial charge is 0.339 e. The molecule has 0 aliphatic heterocycles. The topological polar surface area (TPSA) is 62.0 Å². The van der Waals surface area contributed by atoms with Gasteiger partial charge in [0.05, 0.1) is 11.3 Å². The molecule has 1 heterocycles. The molecule has 0 radical (unpaired) electrons. The minimum atomic E-state index is -0.445. The van der Waals surface area contributed by atoms with E-state index < -0.39 is 5.82 Å². The van der Waals surface area contributed by atoms with Gasteiger partial charge in [-0.1, -0.05) is 6.07 Å². The van der Waals surface area contributed by atoms with Crippen molar-refractivity contribution in [1.82, 2.24) is 4.98 Å². The molecular formula is C14H13FN2O2. The highest BCUT2D eigenvalue weighted by atomic mass is 19.1. The highest BCUT2D eigenvalue weighted by Crippen LogP contribution is 2.21. The molecule has 0 fully saturated rings. The molecule has 1 aromatic carbocycles. The van der Waals surface area contributed by atoms with E-state index in [0.29, 0.717) is 5.56 Å². The molecule has 0 saturated carbocycles. The molecule has 0 aliphatic rings. The molecule has 0 atom stereocenters. The van der Waals surface area contributed by atoms with Crippen LogP contribution in [0.15, 0.2) is 35.1 Å². The first-order valence-corrected chi connectivity index (χ1v) is 5.75. The average Bonchev–Trinajstić information content (AvgIpc) is 2.32. The van der Waals surface area contributed by atoms with Crippen LogP contribution in [0.3, 0.4) is 0 Å². The van der Waals surface area contributed by atoms with Crippen molar-refractivity contribution in [2.45, 2.75) is 13.8 Å². The van der Waals surface area contributed by atoms with Crippen LogP contribution in [0.4, 0.5) is 15.9 Å². The molecule has 0 aliphatic carbocycles. The first-order chi connectivity index (χ1) is 8.97. The van der Waals surface area contributed by atoms with Crippen LogP contribution in [0.25, 0.3) is 0 Å². The molecule has 98 valence electrons. The molecule has 0 amide bonds. The number of nitrogens with one attached hydrogen (secondary N) is 2. The van der Waals surface area contributed by atoms with Crippen LogP contribution in [-0.2, 0) is 0 Å². The van der Waals surface area contributed by atoms with Crippen LogP contribution in [-0.4, -0.2) is 10.8 Å². The van der Waals surface area contributed by atoms with Gasteiger partial charge in [-0.15, -0.1) is 0 Å². The van der Waals surface area contributed by atoms with Crippen molar-refractivity contribution in [3.8, 4) is 0 Å². The third-order valence-electron chi connectivity index (χ3n) is 2.68. The quantitative estimate of drug-likeness (QED) is 0.834. The molecule has 0 unspecified atom stereocenters. The minimum Gasteiger partial charge on any atom is -0.339 e. The molecule has 0 saturated heterocycles. The summed E-state index contributed by atoms with van der Waals surface area (Å²) in [7, 11) is 0. The molecule has 2 N–H and O–H groups in total. The van der Waals surface area contributed by atoms with Gasteiger partial charge in [0.1, 0.15) is 11.6 Å². The number of hydrogen-bond donors (Lipinski definition) is 2. The molecule has 19 heavy (non-hydrogen) atoms. The van der Waals surface area contributed by atoms with E-state index in [1.54, 1.807) is 19.1 Å². The van der Waals surface area contributed by atoms with E-state index >= 15 is 0 Å². The minimum absolute atomic E-state index is 0.197. The normalized spacial score (nSPS) is 10.3. The van der Waals surface area contributed by atoms with E-state index in [1.807, 2.05) is 0 Å². The van der Waals surface area contributed by atoms with Gasteiger partial charge < -0.3 is 10.3 Å². The molecule has 5 heteroatoms. The Morgan fingerprint density at radius 2 is 2.00 bits per heavy atom. The van der Waals surface area contributed by atoms with Gasteiger partial charge in [0, 0.05) is 6.07 Å². The van der Waals surface area contributed by atoms with Crippen molar-refractivity contribution in [3.63, 3.8) is 0 Å². The molecular weight excluding hydrogens is 247 g/mol. The SMILES string of the molecule is CC(=O)c1ccc(=O)[nH]c1Nc1ccc(C)cc1F. The first kappa shape index (κ1) is 13.0. The lowest BCUT2D eigenvalue weighted by molar-refractivity contribution is 0.101. The highest BCUT2D eigenvalue weighted by molar-refractivity contribution is 5.99. The summed E-state index contributed by atoms with van der Waals surface area (Å²) in [5.41, 5.74) is 0.936. The van der Waals surface area contributed by atoms with Crippen LogP contribution in [0.5, 0.6) is 0 Å². The Morgan fingerprint density at radius 1 is 1.26 bits per heavy atom. The number of hydrogen-bond acceptors (Lipinski definition) is 3. The fraction of sp³-hybridized carbons (Fsp3) is 0.143. The van der Waals surface area contributed by atoms with E-state index in [-0.39, 0.29) is 22.8 Å². The lowest BCUT2D eigenvalue weighted by atomic mass is 10.1. The van der Waals surface area contributed by atoms with Crippen LogP contribution in [0, 0.1) is 12.7 Å². The fourth-order valence-electron chi connectivity index (χ4n) is 1.72. The number of ketones is 1. The number of carbonyl (C=O) groups is 1. The summed E-state index contributed by atoms with van der Waals surface area (Å²) in [4.78, 5) is 25.2. The zero-order chi connectivity index (χ0) is 14.0. The monoisotopic (exact) mass is 260 g/mol. The summed E-state index contributed by atoms with van der Waals surface area (Å²) in [6.45, 7) is 3.16. The third-order valence-corrected chi connectivity index (χ3v) is 2.68. The van der Waals surface area contributed by atoms with Gasteiger partial charge in [-0.3, -0.25) is 9.59 Å². The van der Waals surface area contributed by atoms with Crippen LogP contribution in [0.2, 0.25) is 0 Å². The van der Waals surface area contributed by atoms with Crippen molar-refractivity contribution in [2.75, 3.05) is 5.32 Å². The molecule has 1 aromatic heterocycles. The van der Waals surface area contributed by atoms with Gasteiger partial charge in [0.2, 0.25) is 5.56 Å². The maximum absolute atomic E-state index is 13.7. The van der Waals surface area contributed by atoms with E-state index in [0.717, 1.165) is 5.56 Å². The molecule has 0 bridgehead atoms. The van der Waals surface area contributed by atoms with Gasteiger partial charge in [-0.25, -0.2) is 4.39 Å². The number of aromatic nitrogens is 1. The van der Waals surface area contributed by atoms with Gasteiger partial charge in [-0.2, -0.15) is 0 Å². The zero-order valence-electron chi connectivity index (χ0n) is 10.6. The maximum Gasteiger partial charge on any atom is 0.249 e. The summed E-state index contributed by atoms with van der Waals surface area (Å²) >= 11 is 0. The number of pyridine rings is 1. The number of aromatic amines is 1. The highest BCUT2D eigenvalue weighted by Gasteiger charge is 2.10. The van der Waals surface area contributed by atoms with E-state index in [1.165, 1.54) is 25.1 Å². The summed E-state index contributed by atoms with van der Waals surface area (Å²) in [6.07, 6.45) is 0. The number of Topliss-reactive ketones (excluding diaryl/α,β-unsaturated/α-hetero) is 1. The lowest BCUT2D eigenvalue weighted by Gasteiger charge is -2.10. The predicted molar refractivity (Wildman–Crippen MR) is 71.5 cm³/mol. The van der Waals surface area contributed by atoms with Crippen molar-refractivity contribution in [2.24, 2.45) is 0 Å². The van der Waals surface area contributed by atoms with Gasteiger partial charge in [-0.05, 0) is 37.6 Å².